The predicted octanol–water partition coefficient (Wildman–Crippen LogP) is 1.43. The van der Waals surface area contributed by atoms with Crippen LogP contribution in [0, 0.1) is 22.7 Å². The summed E-state index contributed by atoms with van der Waals surface area (Å²) in [6.07, 6.45) is 0. The van der Waals surface area contributed by atoms with Crippen molar-refractivity contribution in [3.63, 3.8) is 0 Å². The van der Waals surface area contributed by atoms with E-state index in [0.29, 0.717) is 11.1 Å². The smallest absolute Gasteiger partial charge is 0.188 e. The first-order chi connectivity index (χ1) is 6.83. The Bertz CT molecular complexity index is 437. The monoisotopic (exact) mass is 185 g/mol. The second-order valence-corrected chi connectivity index (χ2v) is 2.39. The largest absolute Gasteiger partial charge is 0.398 e. The lowest BCUT2D eigenvalue weighted by atomic mass is 10.1. The average molecular weight is 185 g/mol. The van der Waals surface area contributed by atoms with Crippen molar-refractivity contribution in [1.82, 2.24) is 0 Å². The van der Waals surface area contributed by atoms with Crippen LogP contribution in [-0.2, 0) is 4.84 Å². The summed E-state index contributed by atoms with van der Waals surface area (Å²) >= 11 is 0. The Balaban J connectivity index is 3.26. The molecule has 0 radical (unpaired) electrons. The minimum Gasteiger partial charge on any atom is -0.398 e. The molecule has 1 aromatic rings. The SMILES string of the molecule is CON=C(C#N)c1ccccc1C#N. The number of rotatable bonds is 2. The van der Waals surface area contributed by atoms with E-state index < -0.39 is 0 Å². The number of oxime groups is 1. The summed E-state index contributed by atoms with van der Waals surface area (Å²) in [6, 6.07) is 10.6. The van der Waals surface area contributed by atoms with Crippen molar-refractivity contribution in [3.8, 4) is 12.1 Å². The van der Waals surface area contributed by atoms with Gasteiger partial charge in [0, 0.05) is 5.56 Å². The van der Waals surface area contributed by atoms with Gasteiger partial charge in [0.05, 0.1) is 11.6 Å². The van der Waals surface area contributed by atoms with Crippen LogP contribution >= 0.6 is 0 Å². The quantitative estimate of drug-likeness (QED) is 0.517. The van der Waals surface area contributed by atoms with Crippen LogP contribution in [0.3, 0.4) is 0 Å². The normalized spacial score (nSPS) is 10.1. The summed E-state index contributed by atoms with van der Waals surface area (Å²) in [7, 11) is 1.35. The van der Waals surface area contributed by atoms with Crippen molar-refractivity contribution >= 4 is 5.71 Å². The fourth-order valence-corrected chi connectivity index (χ4v) is 1.01. The van der Waals surface area contributed by atoms with Crippen molar-refractivity contribution < 1.29 is 4.84 Å². The number of benzene rings is 1. The summed E-state index contributed by atoms with van der Waals surface area (Å²) in [5.74, 6) is 0. The van der Waals surface area contributed by atoms with Gasteiger partial charge in [-0.1, -0.05) is 23.4 Å². The molecule has 0 amide bonds. The van der Waals surface area contributed by atoms with E-state index >= 15 is 0 Å². The van der Waals surface area contributed by atoms with E-state index in [0.717, 1.165) is 0 Å². The minimum atomic E-state index is 0.102. The molecule has 1 rings (SSSR count). The van der Waals surface area contributed by atoms with Gasteiger partial charge in [-0.2, -0.15) is 10.5 Å². The maximum absolute atomic E-state index is 8.78. The third-order valence-electron chi connectivity index (χ3n) is 1.59. The van der Waals surface area contributed by atoms with Crippen LogP contribution in [0.15, 0.2) is 29.4 Å². The van der Waals surface area contributed by atoms with Crippen LogP contribution < -0.4 is 0 Å². The highest BCUT2D eigenvalue weighted by molar-refractivity contribution is 6.12. The second kappa shape index (κ2) is 4.64. The third kappa shape index (κ3) is 1.88. The number of nitrogens with zero attached hydrogens (tertiary/aromatic N) is 3. The van der Waals surface area contributed by atoms with Crippen LogP contribution in [0.1, 0.15) is 11.1 Å². The minimum absolute atomic E-state index is 0.102. The van der Waals surface area contributed by atoms with Gasteiger partial charge < -0.3 is 4.84 Å². The highest BCUT2D eigenvalue weighted by atomic mass is 16.6. The highest BCUT2D eigenvalue weighted by Crippen LogP contribution is 2.08. The van der Waals surface area contributed by atoms with E-state index in [-0.39, 0.29) is 5.71 Å². The summed E-state index contributed by atoms with van der Waals surface area (Å²) in [4.78, 5) is 4.50. The van der Waals surface area contributed by atoms with Gasteiger partial charge in [-0.15, -0.1) is 0 Å². The van der Waals surface area contributed by atoms with E-state index in [2.05, 4.69) is 9.99 Å². The summed E-state index contributed by atoms with van der Waals surface area (Å²) in [5, 5.41) is 21.1. The topological polar surface area (TPSA) is 69.2 Å². The maximum Gasteiger partial charge on any atom is 0.188 e. The van der Waals surface area contributed by atoms with Gasteiger partial charge in [0.25, 0.3) is 0 Å². The van der Waals surface area contributed by atoms with Gasteiger partial charge in [0.2, 0.25) is 0 Å². The zero-order valence-electron chi connectivity index (χ0n) is 7.56. The Labute approximate surface area is 81.6 Å². The molecule has 0 heterocycles. The molecule has 0 aliphatic carbocycles. The molecule has 4 nitrogen and oxygen atoms in total. The molecule has 0 atom stereocenters. The fraction of sp³-hybridized carbons (Fsp3) is 0.100. The Morgan fingerprint density at radius 3 is 2.64 bits per heavy atom. The average Bonchev–Trinajstić information content (AvgIpc) is 2.26. The first-order valence-corrected chi connectivity index (χ1v) is 3.84. The number of hydrogen-bond acceptors (Lipinski definition) is 4. The molecule has 0 bridgehead atoms. The molecule has 0 unspecified atom stereocenters. The molecule has 1 aromatic carbocycles. The Kier molecular flexibility index (Phi) is 3.23. The molecule has 0 N–H and O–H groups in total. The van der Waals surface area contributed by atoms with Crippen molar-refractivity contribution in [2.75, 3.05) is 7.11 Å². The van der Waals surface area contributed by atoms with E-state index in [9.17, 15) is 0 Å². The molecule has 0 aliphatic heterocycles. The zero-order chi connectivity index (χ0) is 10.4. The Morgan fingerprint density at radius 1 is 1.36 bits per heavy atom. The number of nitriles is 2. The molecule has 0 aromatic heterocycles. The van der Waals surface area contributed by atoms with Gasteiger partial charge in [-0.3, -0.25) is 0 Å². The van der Waals surface area contributed by atoms with Crippen molar-refractivity contribution in [2.45, 2.75) is 0 Å². The van der Waals surface area contributed by atoms with Crippen molar-refractivity contribution in [3.05, 3.63) is 35.4 Å². The Hall–Kier alpha value is -2.33. The molecular weight excluding hydrogens is 178 g/mol. The second-order valence-electron chi connectivity index (χ2n) is 2.39. The lowest BCUT2D eigenvalue weighted by Gasteiger charge is -1.98. The third-order valence-corrected chi connectivity index (χ3v) is 1.59. The van der Waals surface area contributed by atoms with Crippen LogP contribution in [-0.4, -0.2) is 12.8 Å². The summed E-state index contributed by atoms with van der Waals surface area (Å²) in [6.45, 7) is 0. The summed E-state index contributed by atoms with van der Waals surface area (Å²) < 4.78 is 0. The van der Waals surface area contributed by atoms with Crippen molar-refractivity contribution in [1.29, 1.82) is 10.5 Å². The van der Waals surface area contributed by atoms with E-state index in [1.54, 1.807) is 24.3 Å². The first-order valence-electron chi connectivity index (χ1n) is 3.84. The number of hydrogen-bond donors (Lipinski definition) is 0. The molecule has 0 aliphatic rings. The molecule has 68 valence electrons. The van der Waals surface area contributed by atoms with Gasteiger partial charge in [-0.25, -0.2) is 0 Å². The standard InChI is InChI=1S/C10H7N3O/c1-14-13-10(7-12)9-5-3-2-4-8(9)6-11/h2-5H,1H3. The zero-order valence-corrected chi connectivity index (χ0v) is 7.56. The predicted molar refractivity (Wildman–Crippen MR) is 50.3 cm³/mol. The van der Waals surface area contributed by atoms with Gasteiger partial charge in [0.15, 0.2) is 5.71 Å². The van der Waals surface area contributed by atoms with Crippen LogP contribution in [0.5, 0.6) is 0 Å². The van der Waals surface area contributed by atoms with Gasteiger partial charge in [0.1, 0.15) is 13.2 Å². The van der Waals surface area contributed by atoms with Crippen LogP contribution in [0.2, 0.25) is 0 Å². The lowest BCUT2D eigenvalue weighted by Crippen LogP contribution is -2.00. The fourth-order valence-electron chi connectivity index (χ4n) is 1.01. The summed E-state index contributed by atoms with van der Waals surface area (Å²) in [5.41, 5.74) is 0.994. The molecule has 0 saturated heterocycles. The Morgan fingerprint density at radius 2 is 2.07 bits per heavy atom. The molecule has 0 fully saturated rings. The van der Waals surface area contributed by atoms with Gasteiger partial charge in [-0.05, 0) is 6.07 Å². The molecule has 0 saturated carbocycles. The molecule has 4 heteroatoms. The van der Waals surface area contributed by atoms with Gasteiger partial charge >= 0.3 is 0 Å². The van der Waals surface area contributed by atoms with Crippen LogP contribution in [0.4, 0.5) is 0 Å². The maximum atomic E-state index is 8.78. The lowest BCUT2D eigenvalue weighted by molar-refractivity contribution is 0.214. The van der Waals surface area contributed by atoms with Crippen LogP contribution in [0.25, 0.3) is 0 Å². The first kappa shape index (κ1) is 9.76. The molecule has 14 heavy (non-hydrogen) atoms. The highest BCUT2D eigenvalue weighted by Gasteiger charge is 2.07. The van der Waals surface area contributed by atoms with E-state index in [4.69, 9.17) is 10.5 Å². The molecule has 0 spiro atoms. The molecular formula is C10H7N3O. The van der Waals surface area contributed by atoms with E-state index in [1.807, 2.05) is 12.1 Å². The van der Waals surface area contributed by atoms with E-state index in [1.165, 1.54) is 7.11 Å². The van der Waals surface area contributed by atoms with Crippen molar-refractivity contribution in [2.24, 2.45) is 5.16 Å².